The predicted molar refractivity (Wildman–Crippen MR) is 87.3 cm³/mol. The number of hydrogen-bond donors (Lipinski definition) is 1. The molecule has 0 aliphatic rings. The first-order chi connectivity index (χ1) is 10.4. The highest BCUT2D eigenvalue weighted by Gasteiger charge is 2.09. The van der Waals surface area contributed by atoms with E-state index in [1.54, 1.807) is 12.1 Å². The van der Waals surface area contributed by atoms with Crippen molar-refractivity contribution in [1.29, 1.82) is 0 Å². The number of hydrogen-bond acceptors (Lipinski definition) is 2. The van der Waals surface area contributed by atoms with Gasteiger partial charge in [0.1, 0.15) is 5.82 Å². The van der Waals surface area contributed by atoms with Crippen molar-refractivity contribution < 1.29 is 9.18 Å². The third kappa shape index (κ3) is 4.67. The molecule has 0 radical (unpaired) electrons. The number of nitrogens with one attached hydrogen (secondary N) is 1. The Kier molecular flexibility index (Phi) is 5.28. The molecule has 1 N–H and O–H groups in total. The highest BCUT2D eigenvalue weighted by atomic mass is 19.1. The van der Waals surface area contributed by atoms with Crippen molar-refractivity contribution in [3.8, 4) is 0 Å². The Labute approximate surface area is 130 Å². The minimum Gasteiger partial charge on any atom is -0.325 e. The fourth-order valence-corrected chi connectivity index (χ4v) is 2.35. The second kappa shape index (κ2) is 7.18. The second-order valence-electron chi connectivity index (χ2n) is 5.66. The minimum atomic E-state index is -0.315. The molecule has 0 saturated carbocycles. The quantitative estimate of drug-likeness (QED) is 0.916. The second-order valence-corrected chi connectivity index (χ2v) is 5.66. The van der Waals surface area contributed by atoms with Gasteiger partial charge in [-0.1, -0.05) is 23.8 Å². The molecule has 0 fully saturated rings. The number of anilines is 1. The van der Waals surface area contributed by atoms with Crippen LogP contribution in [0.15, 0.2) is 42.5 Å². The lowest BCUT2D eigenvalue weighted by Crippen LogP contribution is -2.30. The lowest BCUT2D eigenvalue weighted by Gasteiger charge is -2.18. The molecule has 0 atom stereocenters. The van der Waals surface area contributed by atoms with E-state index in [0.717, 1.165) is 0 Å². The third-order valence-corrected chi connectivity index (χ3v) is 3.48. The van der Waals surface area contributed by atoms with Crippen LogP contribution in [0.3, 0.4) is 0 Å². The molecule has 2 aromatic carbocycles. The van der Waals surface area contributed by atoms with Crippen LogP contribution < -0.4 is 5.32 Å². The molecule has 2 rings (SSSR count). The van der Waals surface area contributed by atoms with Gasteiger partial charge in [-0.3, -0.25) is 9.69 Å². The number of nitrogens with zero attached hydrogens (tertiary/aromatic N) is 1. The molecule has 0 aromatic heterocycles. The molecule has 0 heterocycles. The van der Waals surface area contributed by atoms with Gasteiger partial charge < -0.3 is 5.32 Å². The first kappa shape index (κ1) is 16.2. The van der Waals surface area contributed by atoms with Crippen LogP contribution in [-0.4, -0.2) is 24.4 Å². The summed E-state index contributed by atoms with van der Waals surface area (Å²) in [6.07, 6.45) is 0. The van der Waals surface area contributed by atoms with Crippen molar-refractivity contribution in [2.45, 2.75) is 20.4 Å². The smallest absolute Gasteiger partial charge is 0.238 e. The molecule has 0 spiro atoms. The summed E-state index contributed by atoms with van der Waals surface area (Å²) in [5.74, 6) is -0.427. The van der Waals surface area contributed by atoms with Crippen molar-refractivity contribution >= 4 is 11.6 Å². The van der Waals surface area contributed by atoms with Crippen LogP contribution in [0.5, 0.6) is 0 Å². The van der Waals surface area contributed by atoms with E-state index in [1.165, 1.54) is 28.8 Å². The van der Waals surface area contributed by atoms with E-state index in [0.29, 0.717) is 12.2 Å². The van der Waals surface area contributed by atoms with Gasteiger partial charge >= 0.3 is 0 Å². The molecule has 1 amide bonds. The summed E-state index contributed by atoms with van der Waals surface area (Å²) in [6, 6.07) is 12.1. The van der Waals surface area contributed by atoms with Crippen molar-refractivity contribution in [3.63, 3.8) is 0 Å². The van der Waals surface area contributed by atoms with Crippen LogP contribution >= 0.6 is 0 Å². The standard InChI is InChI=1S/C18H21FN2O/c1-13-4-5-15(14(2)10-13)11-21(3)12-18(22)20-17-8-6-16(19)7-9-17/h4-10H,11-12H2,1-3H3,(H,20,22). The number of likely N-dealkylation sites (N-methyl/N-ethyl adjacent to an activating group) is 1. The molecule has 22 heavy (non-hydrogen) atoms. The molecule has 0 bridgehead atoms. The number of halogens is 1. The van der Waals surface area contributed by atoms with Crippen LogP contribution in [0, 0.1) is 19.7 Å². The van der Waals surface area contributed by atoms with E-state index < -0.39 is 0 Å². The monoisotopic (exact) mass is 300 g/mol. The molecule has 0 aliphatic heterocycles. The van der Waals surface area contributed by atoms with E-state index in [9.17, 15) is 9.18 Å². The molecule has 4 heteroatoms. The van der Waals surface area contributed by atoms with E-state index in [1.807, 2.05) is 11.9 Å². The zero-order chi connectivity index (χ0) is 16.1. The number of amides is 1. The highest BCUT2D eigenvalue weighted by molar-refractivity contribution is 5.92. The van der Waals surface area contributed by atoms with Crippen molar-refractivity contribution in [2.75, 3.05) is 18.9 Å². The summed E-state index contributed by atoms with van der Waals surface area (Å²) in [5, 5.41) is 2.76. The van der Waals surface area contributed by atoms with Crippen molar-refractivity contribution in [1.82, 2.24) is 4.90 Å². The number of aryl methyl sites for hydroxylation is 2. The zero-order valence-corrected chi connectivity index (χ0v) is 13.2. The Balaban J connectivity index is 1.89. The predicted octanol–water partition coefficient (Wildman–Crippen LogP) is 3.51. The maximum absolute atomic E-state index is 12.8. The number of benzene rings is 2. The van der Waals surface area contributed by atoms with Crippen LogP contribution in [0.25, 0.3) is 0 Å². The van der Waals surface area contributed by atoms with E-state index in [4.69, 9.17) is 0 Å². The van der Waals surface area contributed by atoms with Crippen LogP contribution in [0.4, 0.5) is 10.1 Å². The molecular formula is C18H21FN2O. The molecule has 116 valence electrons. The average molecular weight is 300 g/mol. The van der Waals surface area contributed by atoms with Gasteiger partial charge in [-0.05, 0) is 56.3 Å². The van der Waals surface area contributed by atoms with Gasteiger partial charge in [0.15, 0.2) is 0 Å². The first-order valence-corrected chi connectivity index (χ1v) is 7.24. The van der Waals surface area contributed by atoms with Gasteiger partial charge in [0.05, 0.1) is 6.54 Å². The lowest BCUT2D eigenvalue weighted by atomic mass is 10.1. The summed E-state index contributed by atoms with van der Waals surface area (Å²) in [5.41, 5.74) is 4.28. The summed E-state index contributed by atoms with van der Waals surface area (Å²) in [7, 11) is 1.91. The maximum Gasteiger partial charge on any atom is 0.238 e. The van der Waals surface area contributed by atoms with Crippen LogP contribution in [0.2, 0.25) is 0 Å². The van der Waals surface area contributed by atoms with E-state index in [-0.39, 0.29) is 18.3 Å². The zero-order valence-electron chi connectivity index (χ0n) is 13.2. The van der Waals surface area contributed by atoms with Gasteiger partial charge in [-0.2, -0.15) is 0 Å². The number of rotatable bonds is 5. The fourth-order valence-electron chi connectivity index (χ4n) is 2.35. The van der Waals surface area contributed by atoms with Gasteiger partial charge in [0.2, 0.25) is 5.91 Å². The Morgan fingerprint density at radius 2 is 1.82 bits per heavy atom. The molecule has 0 aliphatic carbocycles. The lowest BCUT2D eigenvalue weighted by molar-refractivity contribution is -0.117. The van der Waals surface area contributed by atoms with E-state index in [2.05, 4.69) is 37.4 Å². The average Bonchev–Trinajstić information content (AvgIpc) is 2.44. The van der Waals surface area contributed by atoms with Crippen molar-refractivity contribution in [2.24, 2.45) is 0 Å². The normalized spacial score (nSPS) is 10.8. The summed E-state index contributed by atoms with van der Waals surface area (Å²) >= 11 is 0. The fraction of sp³-hybridized carbons (Fsp3) is 0.278. The van der Waals surface area contributed by atoms with Gasteiger partial charge in [0, 0.05) is 12.2 Å². The van der Waals surface area contributed by atoms with E-state index >= 15 is 0 Å². The van der Waals surface area contributed by atoms with Gasteiger partial charge in [-0.25, -0.2) is 4.39 Å². The Morgan fingerprint density at radius 3 is 2.45 bits per heavy atom. The molecule has 0 unspecified atom stereocenters. The Bertz CT molecular complexity index is 653. The van der Waals surface area contributed by atoms with Crippen LogP contribution in [0.1, 0.15) is 16.7 Å². The molecule has 2 aromatic rings. The number of carbonyl (C=O) groups excluding carboxylic acids is 1. The summed E-state index contributed by atoms with van der Waals surface area (Å²) < 4.78 is 12.8. The SMILES string of the molecule is Cc1ccc(CN(C)CC(=O)Nc2ccc(F)cc2)c(C)c1. The minimum absolute atomic E-state index is 0.112. The Hall–Kier alpha value is -2.20. The third-order valence-electron chi connectivity index (χ3n) is 3.48. The molecular weight excluding hydrogens is 279 g/mol. The topological polar surface area (TPSA) is 32.3 Å². The maximum atomic E-state index is 12.8. The Morgan fingerprint density at radius 1 is 1.14 bits per heavy atom. The number of carbonyl (C=O) groups is 1. The summed E-state index contributed by atoms with van der Waals surface area (Å²) in [4.78, 5) is 13.9. The van der Waals surface area contributed by atoms with Gasteiger partial charge in [0.25, 0.3) is 0 Å². The van der Waals surface area contributed by atoms with Gasteiger partial charge in [-0.15, -0.1) is 0 Å². The van der Waals surface area contributed by atoms with Crippen molar-refractivity contribution in [3.05, 3.63) is 65.0 Å². The highest BCUT2D eigenvalue weighted by Crippen LogP contribution is 2.13. The molecule has 3 nitrogen and oxygen atoms in total. The largest absolute Gasteiger partial charge is 0.325 e. The first-order valence-electron chi connectivity index (χ1n) is 7.24. The summed E-state index contributed by atoms with van der Waals surface area (Å²) in [6.45, 7) is 5.14. The van der Waals surface area contributed by atoms with Crippen LogP contribution in [-0.2, 0) is 11.3 Å². The molecule has 0 saturated heterocycles.